The molecule has 1 aromatic carbocycles. The van der Waals surface area contributed by atoms with Crippen LogP contribution >= 0.6 is 0 Å². The maximum absolute atomic E-state index is 13.4. The second-order valence-electron chi connectivity index (χ2n) is 4.83. The van der Waals surface area contributed by atoms with Gasteiger partial charge in [0.1, 0.15) is 0 Å². The standard InChI is InChI=1S/C14H14F2N2O3/c1-7-11(13(19)20)12(18(3)14(21)17(7)2)8-4-5-9(15)10(16)6-8/h4-6,12H,1-3H3,(H,19,20). The Morgan fingerprint density at radius 3 is 2.38 bits per heavy atom. The average Bonchev–Trinajstić information content (AvgIpc) is 2.43. The molecule has 1 aliphatic rings. The van der Waals surface area contributed by atoms with Gasteiger partial charge in [-0.2, -0.15) is 0 Å². The number of benzene rings is 1. The Balaban J connectivity index is 2.65. The van der Waals surface area contributed by atoms with Gasteiger partial charge in [-0.25, -0.2) is 18.4 Å². The highest BCUT2D eigenvalue weighted by atomic mass is 19.2. The van der Waals surface area contributed by atoms with E-state index >= 15 is 0 Å². The zero-order valence-corrected chi connectivity index (χ0v) is 11.7. The third kappa shape index (κ3) is 2.35. The SMILES string of the molecule is CC1=C(C(=O)O)C(c2ccc(F)c(F)c2)N(C)C(=O)N1C. The number of hydrogen-bond donors (Lipinski definition) is 1. The lowest BCUT2D eigenvalue weighted by Crippen LogP contribution is -2.47. The van der Waals surface area contributed by atoms with Crippen molar-refractivity contribution in [2.24, 2.45) is 0 Å². The zero-order valence-electron chi connectivity index (χ0n) is 11.7. The summed E-state index contributed by atoms with van der Waals surface area (Å²) in [6.45, 7) is 1.50. The molecule has 2 amide bonds. The van der Waals surface area contributed by atoms with E-state index in [0.29, 0.717) is 0 Å². The highest BCUT2D eigenvalue weighted by molar-refractivity contribution is 5.93. The van der Waals surface area contributed by atoms with Crippen molar-refractivity contribution in [1.82, 2.24) is 9.80 Å². The summed E-state index contributed by atoms with van der Waals surface area (Å²) < 4.78 is 26.5. The predicted octanol–water partition coefficient (Wildman–Crippen LogP) is 2.36. The fraction of sp³-hybridized carbons (Fsp3) is 0.286. The molecule has 1 aliphatic heterocycles. The Labute approximate surface area is 120 Å². The van der Waals surface area contributed by atoms with E-state index in [2.05, 4.69) is 0 Å². The van der Waals surface area contributed by atoms with Crippen LogP contribution in [0.3, 0.4) is 0 Å². The van der Waals surface area contributed by atoms with Crippen LogP contribution < -0.4 is 0 Å². The Morgan fingerprint density at radius 1 is 1.24 bits per heavy atom. The van der Waals surface area contributed by atoms with Crippen LogP contribution in [0.15, 0.2) is 29.5 Å². The van der Waals surface area contributed by atoms with Crippen LogP contribution in [-0.2, 0) is 4.79 Å². The first kappa shape index (κ1) is 15.0. The first-order valence-electron chi connectivity index (χ1n) is 6.15. The monoisotopic (exact) mass is 296 g/mol. The summed E-state index contributed by atoms with van der Waals surface area (Å²) in [5, 5.41) is 9.40. The fourth-order valence-corrected chi connectivity index (χ4v) is 2.41. The van der Waals surface area contributed by atoms with Gasteiger partial charge in [-0.1, -0.05) is 6.07 Å². The quantitative estimate of drug-likeness (QED) is 0.911. The largest absolute Gasteiger partial charge is 0.478 e. The molecule has 21 heavy (non-hydrogen) atoms. The van der Waals surface area contributed by atoms with Gasteiger partial charge in [-0.3, -0.25) is 0 Å². The number of aliphatic carboxylic acids is 1. The molecule has 7 heteroatoms. The summed E-state index contributed by atoms with van der Waals surface area (Å²) in [7, 11) is 2.87. The van der Waals surface area contributed by atoms with Gasteiger partial charge >= 0.3 is 12.0 Å². The van der Waals surface area contributed by atoms with E-state index < -0.39 is 29.7 Å². The molecule has 0 saturated heterocycles. The number of nitrogens with zero attached hydrogens (tertiary/aromatic N) is 2. The van der Waals surface area contributed by atoms with Crippen molar-refractivity contribution in [1.29, 1.82) is 0 Å². The van der Waals surface area contributed by atoms with E-state index in [-0.39, 0.29) is 16.8 Å². The van der Waals surface area contributed by atoms with Crippen LogP contribution in [0.4, 0.5) is 13.6 Å². The zero-order chi connectivity index (χ0) is 15.9. The van der Waals surface area contributed by atoms with Crippen molar-refractivity contribution in [3.63, 3.8) is 0 Å². The smallest absolute Gasteiger partial charge is 0.335 e. The fourth-order valence-electron chi connectivity index (χ4n) is 2.41. The number of carboxylic acid groups (broad SMARTS) is 1. The lowest BCUT2D eigenvalue weighted by Gasteiger charge is -2.39. The third-order valence-electron chi connectivity index (χ3n) is 3.63. The van der Waals surface area contributed by atoms with Crippen LogP contribution in [0.25, 0.3) is 0 Å². The van der Waals surface area contributed by atoms with Crippen LogP contribution in [0.2, 0.25) is 0 Å². The van der Waals surface area contributed by atoms with E-state index in [1.807, 2.05) is 0 Å². The van der Waals surface area contributed by atoms with Crippen molar-refractivity contribution in [2.75, 3.05) is 14.1 Å². The summed E-state index contributed by atoms with van der Waals surface area (Å²) in [6.07, 6.45) is 0. The summed E-state index contributed by atoms with van der Waals surface area (Å²) >= 11 is 0. The third-order valence-corrected chi connectivity index (χ3v) is 3.63. The number of amides is 2. The average molecular weight is 296 g/mol. The number of rotatable bonds is 2. The second kappa shape index (κ2) is 5.16. The molecule has 1 unspecified atom stereocenters. The van der Waals surface area contributed by atoms with Crippen molar-refractivity contribution in [3.8, 4) is 0 Å². The van der Waals surface area contributed by atoms with Gasteiger partial charge in [0.05, 0.1) is 11.6 Å². The number of carbonyl (C=O) groups is 2. The van der Waals surface area contributed by atoms with Gasteiger partial charge in [0.2, 0.25) is 0 Å². The van der Waals surface area contributed by atoms with Crippen LogP contribution in [0.5, 0.6) is 0 Å². The van der Waals surface area contributed by atoms with Gasteiger partial charge < -0.3 is 14.9 Å². The van der Waals surface area contributed by atoms with Gasteiger partial charge in [0.25, 0.3) is 0 Å². The number of carboxylic acids is 1. The molecular weight excluding hydrogens is 282 g/mol. The first-order chi connectivity index (χ1) is 9.75. The lowest BCUT2D eigenvalue weighted by molar-refractivity contribution is -0.133. The maximum atomic E-state index is 13.4. The molecule has 112 valence electrons. The molecule has 1 atom stereocenters. The Kier molecular flexibility index (Phi) is 3.67. The highest BCUT2D eigenvalue weighted by Crippen LogP contribution is 2.35. The highest BCUT2D eigenvalue weighted by Gasteiger charge is 2.38. The van der Waals surface area contributed by atoms with E-state index in [4.69, 9.17) is 0 Å². The molecule has 0 bridgehead atoms. The molecule has 0 aromatic heterocycles. The topological polar surface area (TPSA) is 60.9 Å². The van der Waals surface area contributed by atoms with E-state index in [9.17, 15) is 23.5 Å². The number of allylic oxidation sites excluding steroid dienone is 1. The number of hydrogen-bond acceptors (Lipinski definition) is 2. The summed E-state index contributed by atoms with van der Waals surface area (Å²) in [5.74, 6) is -3.33. The van der Waals surface area contributed by atoms with Gasteiger partial charge in [0, 0.05) is 19.8 Å². The van der Waals surface area contributed by atoms with E-state index in [1.54, 1.807) is 0 Å². The molecular formula is C14H14F2N2O3. The summed E-state index contributed by atoms with van der Waals surface area (Å²) in [5.41, 5.74) is 0.417. The normalized spacial score (nSPS) is 19.3. The molecule has 0 fully saturated rings. The summed E-state index contributed by atoms with van der Waals surface area (Å²) in [4.78, 5) is 26.0. The molecule has 1 N–H and O–H groups in total. The molecule has 5 nitrogen and oxygen atoms in total. The number of urea groups is 1. The first-order valence-corrected chi connectivity index (χ1v) is 6.15. The van der Waals surface area contributed by atoms with Gasteiger partial charge in [-0.15, -0.1) is 0 Å². The predicted molar refractivity (Wildman–Crippen MR) is 70.4 cm³/mol. The van der Waals surface area contributed by atoms with Crippen molar-refractivity contribution >= 4 is 12.0 Å². The minimum atomic E-state index is -1.21. The minimum absolute atomic E-state index is 0.0504. The van der Waals surface area contributed by atoms with Crippen LogP contribution in [0, 0.1) is 11.6 Å². The molecule has 0 aliphatic carbocycles. The van der Waals surface area contributed by atoms with Crippen molar-refractivity contribution < 1.29 is 23.5 Å². The maximum Gasteiger partial charge on any atom is 0.335 e. The summed E-state index contributed by atoms with van der Waals surface area (Å²) in [6, 6.07) is 1.70. The van der Waals surface area contributed by atoms with Gasteiger partial charge in [-0.05, 0) is 24.6 Å². The van der Waals surface area contributed by atoms with Crippen LogP contribution in [0.1, 0.15) is 18.5 Å². The Morgan fingerprint density at radius 2 is 1.86 bits per heavy atom. The van der Waals surface area contributed by atoms with E-state index in [0.717, 1.165) is 12.1 Å². The van der Waals surface area contributed by atoms with Crippen LogP contribution in [-0.4, -0.2) is 41.0 Å². The second-order valence-corrected chi connectivity index (χ2v) is 4.83. The lowest BCUT2D eigenvalue weighted by atomic mass is 9.93. The number of halogens is 2. The van der Waals surface area contributed by atoms with Gasteiger partial charge in [0.15, 0.2) is 11.6 Å². The molecule has 2 rings (SSSR count). The molecule has 0 spiro atoms. The molecule has 0 saturated carbocycles. The Hall–Kier alpha value is -2.44. The molecule has 0 radical (unpaired) electrons. The number of carbonyl (C=O) groups excluding carboxylic acids is 1. The van der Waals surface area contributed by atoms with Crippen molar-refractivity contribution in [2.45, 2.75) is 13.0 Å². The number of likely N-dealkylation sites (N-methyl/N-ethyl adjacent to an activating group) is 1. The molecule has 1 heterocycles. The van der Waals surface area contributed by atoms with E-state index in [1.165, 1.54) is 36.9 Å². The molecule has 1 aromatic rings. The van der Waals surface area contributed by atoms with Crippen molar-refractivity contribution in [3.05, 3.63) is 46.7 Å². The Bertz CT molecular complexity index is 658. The minimum Gasteiger partial charge on any atom is -0.478 e.